The quantitative estimate of drug-likeness (QED) is 0.558. The number of thioether (sulfide) groups is 1. The first-order valence-corrected chi connectivity index (χ1v) is 7.52. The molecule has 0 fully saturated rings. The zero-order chi connectivity index (χ0) is 13.4. The van der Waals surface area contributed by atoms with Crippen LogP contribution in [-0.4, -0.2) is 18.6 Å². The van der Waals surface area contributed by atoms with Crippen molar-refractivity contribution in [1.29, 1.82) is 0 Å². The van der Waals surface area contributed by atoms with Crippen molar-refractivity contribution in [2.75, 3.05) is 29.6 Å². The Morgan fingerprint density at radius 1 is 1.17 bits per heavy atom. The van der Waals surface area contributed by atoms with E-state index < -0.39 is 11.6 Å². The van der Waals surface area contributed by atoms with E-state index in [1.165, 1.54) is 24.7 Å². The van der Waals surface area contributed by atoms with Gasteiger partial charge in [-0.2, -0.15) is 11.8 Å². The third-order valence-electron chi connectivity index (χ3n) is 2.68. The van der Waals surface area contributed by atoms with Crippen molar-refractivity contribution in [2.45, 2.75) is 25.7 Å². The standard InChI is InChI=1S/C13H20F2N2S/c1-18-7-5-3-2-4-6-17-12-9-10(14)8-11(15)13(12)16/h8-9,17H,2-7,16H2,1H3. The van der Waals surface area contributed by atoms with Gasteiger partial charge in [-0.15, -0.1) is 0 Å². The third-order valence-corrected chi connectivity index (χ3v) is 3.38. The molecule has 0 saturated heterocycles. The van der Waals surface area contributed by atoms with Gasteiger partial charge in [0.25, 0.3) is 0 Å². The van der Waals surface area contributed by atoms with Crippen LogP contribution >= 0.6 is 11.8 Å². The molecule has 1 rings (SSSR count). The molecule has 18 heavy (non-hydrogen) atoms. The van der Waals surface area contributed by atoms with Gasteiger partial charge in [-0.1, -0.05) is 12.8 Å². The summed E-state index contributed by atoms with van der Waals surface area (Å²) in [4.78, 5) is 0. The van der Waals surface area contributed by atoms with Gasteiger partial charge in [0.15, 0.2) is 5.82 Å². The minimum Gasteiger partial charge on any atom is -0.395 e. The minimum atomic E-state index is -0.711. The van der Waals surface area contributed by atoms with Crippen LogP contribution < -0.4 is 11.1 Å². The summed E-state index contributed by atoms with van der Waals surface area (Å²) in [5.74, 6) is -0.128. The van der Waals surface area contributed by atoms with Crippen LogP contribution in [0, 0.1) is 11.6 Å². The van der Waals surface area contributed by atoms with Gasteiger partial charge in [-0.05, 0) is 30.9 Å². The van der Waals surface area contributed by atoms with Crippen LogP contribution in [0.5, 0.6) is 0 Å². The Hall–Kier alpha value is -0.970. The van der Waals surface area contributed by atoms with Crippen LogP contribution in [0.3, 0.4) is 0 Å². The molecule has 0 atom stereocenters. The van der Waals surface area contributed by atoms with E-state index in [0.29, 0.717) is 12.2 Å². The van der Waals surface area contributed by atoms with Gasteiger partial charge in [0.1, 0.15) is 5.82 Å². The Kier molecular flexibility index (Phi) is 6.86. The fraction of sp³-hybridized carbons (Fsp3) is 0.538. The van der Waals surface area contributed by atoms with Crippen molar-refractivity contribution in [3.63, 3.8) is 0 Å². The highest BCUT2D eigenvalue weighted by molar-refractivity contribution is 7.98. The first-order chi connectivity index (χ1) is 8.65. The second kappa shape index (κ2) is 8.19. The monoisotopic (exact) mass is 274 g/mol. The van der Waals surface area contributed by atoms with Crippen molar-refractivity contribution in [3.05, 3.63) is 23.8 Å². The SMILES string of the molecule is CSCCCCCCNc1cc(F)cc(F)c1N. The lowest BCUT2D eigenvalue weighted by molar-refractivity contribution is 0.586. The van der Waals surface area contributed by atoms with Crippen molar-refractivity contribution < 1.29 is 8.78 Å². The number of rotatable bonds is 8. The molecular weight excluding hydrogens is 254 g/mol. The van der Waals surface area contributed by atoms with Gasteiger partial charge in [-0.25, -0.2) is 8.78 Å². The van der Waals surface area contributed by atoms with Crippen LogP contribution in [0.25, 0.3) is 0 Å². The lowest BCUT2D eigenvalue weighted by atomic mass is 10.2. The molecule has 0 amide bonds. The first-order valence-electron chi connectivity index (χ1n) is 6.12. The summed E-state index contributed by atoms with van der Waals surface area (Å²) in [6.45, 7) is 0.687. The predicted octanol–water partition coefficient (Wildman–Crippen LogP) is 3.88. The average molecular weight is 274 g/mol. The van der Waals surface area contributed by atoms with Gasteiger partial charge in [0, 0.05) is 12.6 Å². The van der Waals surface area contributed by atoms with Crippen molar-refractivity contribution in [2.24, 2.45) is 0 Å². The number of nitrogen functional groups attached to an aromatic ring is 1. The normalized spacial score (nSPS) is 10.6. The number of nitrogens with one attached hydrogen (secondary N) is 1. The van der Waals surface area contributed by atoms with Crippen molar-refractivity contribution >= 4 is 23.1 Å². The Balaban J connectivity index is 2.27. The van der Waals surface area contributed by atoms with E-state index in [4.69, 9.17) is 5.73 Å². The number of nitrogens with two attached hydrogens (primary N) is 1. The van der Waals surface area contributed by atoms with Crippen LogP contribution in [0.15, 0.2) is 12.1 Å². The molecular formula is C13H20F2N2S. The second-order valence-corrected chi connectivity index (χ2v) is 5.17. The maximum absolute atomic E-state index is 13.1. The number of halogens is 2. The van der Waals surface area contributed by atoms with Crippen LogP contribution in [0.4, 0.5) is 20.2 Å². The zero-order valence-corrected chi connectivity index (χ0v) is 11.5. The number of anilines is 2. The van der Waals surface area contributed by atoms with E-state index in [0.717, 1.165) is 18.9 Å². The molecule has 2 nitrogen and oxygen atoms in total. The lowest BCUT2D eigenvalue weighted by Gasteiger charge is -2.10. The molecule has 0 radical (unpaired) electrons. The molecule has 102 valence electrons. The second-order valence-electron chi connectivity index (χ2n) is 4.18. The van der Waals surface area contributed by atoms with Gasteiger partial charge in [-0.3, -0.25) is 0 Å². The molecule has 1 aromatic rings. The van der Waals surface area contributed by atoms with E-state index in [1.54, 1.807) is 0 Å². The molecule has 0 unspecified atom stereocenters. The largest absolute Gasteiger partial charge is 0.395 e. The topological polar surface area (TPSA) is 38.0 Å². The summed E-state index contributed by atoms with van der Waals surface area (Å²) in [6.07, 6.45) is 6.60. The lowest BCUT2D eigenvalue weighted by Crippen LogP contribution is -2.06. The summed E-state index contributed by atoms with van der Waals surface area (Å²) >= 11 is 1.85. The summed E-state index contributed by atoms with van der Waals surface area (Å²) in [7, 11) is 0. The molecule has 0 heterocycles. The summed E-state index contributed by atoms with van der Waals surface area (Å²) in [6, 6.07) is 2.02. The van der Waals surface area contributed by atoms with Crippen LogP contribution in [0.1, 0.15) is 25.7 Å². The fourth-order valence-electron chi connectivity index (χ4n) is 1.68. The maximum Gasteiger partial charge on any atom is 0.151 e. The van der Waals surface area contributed by atoms with E-state index in [9.17, 15) is 8.78 Å². The molecule has 0 aliphatic carbocycles. The minimum absolute atomic E-state index is 0.0150. The van der Waals surface area contributed by atoms with E-state index in [1.807, 2.05) is 11.8 Å². The molecule has 0 saturated carbocycles. The average Bonchev–Trinajstić information content (AvgIpc) is 2.33. The Bertz CT molecular complexity index is 372. The number of unbranched alkanes of at least 4 members (excludes halogenated alkanes) is 3. The Morgan fingerprint density at radius 2 is 1.89 bits per heavy atom. The van der Waals surface area contributed by atoms with E-state index in [2.05, 4.69) is 11.6 Å². The van der Waals surface area contributed by atoms with Gasteiger partial charge < -0.3 is 11.1 Å². The summed E-state index contributed by atoms with van der Waals surface area (Å²) in [5.41, 5.74) is 5.85. The molecule has 0 spiro atoms. The Labute approximate surface area is 111 Å². The summed E-state index contributed by atoms with van der Waals surface area (Å²) in [5, 5.41) is 2.98. The van der Waals surface area contributed by atoms with Crippen molar-refractivity contribution in [3.8, 4) is 0 Å². The molecule has 0 bridgehead atoms. The van der Waals surface area contributed by atoms with E-state index in [-0.39, 0.29) is 5.69 Å². The zero-order valence-electron chi connectivity index (χ0n) is 10.6. The molecule has 1 aromatic carbocycles. The maximum atomic E-state index is 13.1. The Morgan fingerprint density at radius 3 is 2.61 bits per heavy atom. The first kappa shape index (κ1) is 15.1. The van der Waals surface area contributed by atoms with E-state index >= 15 is 0 Å². The number of hydrogen-bond donors (Lipinski definition) is 2. The van der Waals surface area contributed by atoms with Crippen molar-refractivity contribution in [1.82, 2.24) is 0 Å². The molecule has 5 heteroatoms. The molecule has 0 aliphatic heterocycles. The predicted molar refractivity (Wildman–Crippen MR) is 76.1 cm³/mol. The smallest absolute Gasteiger partial charge is 0.151 e. The molecule has 0 aromatic heterocycles. The highest BCUT2D eigenvalue weighted by Gasteiger charge is 2.07. The van der Waals surface area contributed by atoms with Crippen LogP contribution in [0.2, 0.25) is 0 Å². The third kappa shape index (κ3) is 5.12. The van der Waals surface area contributed by atoms with Crippen LogP contribution in [-0.2, 0) is 0 Å². The van der Waals surface area contributed by atoms with Gasteiger partial charge in [0.05, 0.1) is 11.4 Å². The van der Waals surface area contributed by atoms with Gasteiger partial charge >= 0.3 is 0 Å². The highest BCUT2D eigenvalue weighted by Crippen LogP contribution is 2.23. The number of hydrogen-bond acceptors (Lipinski definition) is 3. The molecule has 3 N–H and O–H groups in total. The molecule has 0 aliphatic rings. The fourth-order valence-corrected chi connectivity index (χ4v) is 2.17. The number of benzene rings is 1. The van der Waals surface area contributed by atoms with Gasteiger partial charge in [0.2, 0.25) is 0 Å². The highest BCUT2D eigenvalue weighted by atomic mass is 32.2. The summed E-state index contributed by atoms with van der Waals surface area (Å²) < 4.78 is 26.1.